The van der Waals surface area contributed by atoms with Gasteiger partial charge < -0.3 is 10.5 Å². The van der Waals surface area contributed by atoms with E-state index in [-0.39, 0.29) is 18.0 Å². The SMILES string of the molecule is Nc1cc(C(F)(F)F)ccc1OCc1cc(Br)cs1. The summed E-state index contributed by atoms with van der Waals surface area (Å²) in [4.78, 5) is 0.950. The predicted molar refractivity (Wildman–Crippen MR) is 72.2 cm³/mol. The number of hydrogen-bond acceptors (Lipinski definition) is 3. The van der Waals surface area contributed by atoms with Crippen LogP contribution in [0.4, 0.5) is 18.9 Å². The summed E-state index contributed by atoms with van der Waals surface area (Å²) in [6, 6.07) is 4.95. The molecule has 0 aliphatic rings. The Morgan fingerprint density at radius 3 is 2.53 bits per heavy atom. The molecule has 1 aromatic heterocycles. The lowest BCUT2D eigenvalue weighted by Gasteiger charge is -2.11. The van der Waals surface area contributed by atoms with E-state index in [1.165, 1.54) is 17.4 Å². The molecule has 19 heavy (non-hydrogen) atoms. The van der Waals surface area contributed by atoms with Crippen molar-refractivity contribution in [1.29, 1.82) is 0 Å². The molecule has 0 atom stereocenters. The summed E-state index contributed by atoms with van der Waals surface area (Å²) in [6.07, 6.45) is -4.40. The van der Waals surface area contributed by atoms with Crippen LogP contribution >= 0.6 is 27.3 Å². The molecule has 2 aromatic rings. The van der Waals surface area contributed by atoms with Gasteiger partial charge in [-0.05, 0) is 40.2 Å². The highest BCUT2D eigenvalue weighted by molar-refractivity contribution is 9.10. The molecular formula is C12H9BrF3NOS. The number of nitrogen functional groups attached to an aromatic ring is 1. The van der Waals surface area contributed by atoms with E-state index in [0.29, 0.717) is 0 Å². The average Bonchev–Trinajstić information content (AvgIpc) is 2.72. The van der Waals surface area contributed by atoms with Crippen LogP contribution in [0.3, 0.4) is 0 Å². The fraction of sp³-hybridized carbons (Fsp3) is 0.167. The molecule has 0 saturated carbocycles. The van der Waals surface area contributed by atoms with E-state index < -0.39 is 11.7 Å². The van der Waals surface area contributed by atoms with Crippen LogP contribution < -0.4 is 10.5 Å². The van der Waals surface area contributed by atoms with E-state index in [4.69, 9.17) is 10.5 Å². The van der Waals surface area contributed by atoms with Crippen molar-refractivity contribution in [2.24, 2.45) is 0 Å². The maximum absolute atomic E-state index is 12.5. The molecule has 0 saturated heterocycles. The van der Waals surface area contributed by atoms with Gasteiger partial charge in [-0.2, -0.15) is 13.2 Å². The first kappa shape index (κ1) is 14.2. The Balaban J connectivity index is 2.09. The Kier molecular flexibility index (Phi) is 4.05. The van der Waals surface area contributed by atoms with E-state index >= 15 is 0 Å². The molecule has 0 aliphatic heterocycles. The van der Waals surface area contributed by atoms with Gasteiger partial charge in [0.1, 0.15) is 12.4 Å². The second-order valence-electron chi connectivity index (χ2n) is 3.77. The zero-order valence-corrected chi connectivity index (χ0v) is 11.9. The summed E-state index contributed by atoms with van der Waals surface area (Å²) in [5.74, 6) is 0.248. The zero-order chi connectivity index (χ0) is 14.0. The Morgan fingerprint density at radius 2 is 2.00 bits per heavy atom. The quantitative estimate of drug-likeness (QED) is 0.814. The number of halogens is 4. The zero-order valence-electron chi connectivity index (χ0n) is 9.50. The number of alkyl halides is 3. The van der Waals surface area contributed by atoms with Crippen molar-refractivity contribution < 1.29 is 17.9 Å². The first-order chi connectivity index (χ1) is 8.86. The normalized spacial score (nSPS) is 11.6. The minimum atomic E-state index is -4.40. The van der Waals surface area contributed by atoms with E-state index in [1.807, 2.05) is 11.4 Å². The minimum absolute atomic E-state index is 0.0227. The van der Waals surface area contributed by atoms with Gasteiger partial charge in [0.2, 0.25) is 0 Å². The number of ether oxygens (including phenoxy) is 1. The van der Waals surface area contributed by atoms with Crippen molar-refractivity contribution >= 4 is 33.0 Å². The molecule has 2 nitrogen and oxygen atoms in total. The number of thiophene rings is 1. The fourth-order valence-electron chi connectivity index (χ4n) is 1.43. The van der Waals surface area contributed by atoms with Crippen LogP contribution in [0.2, 0.25) is 0 Å². The molecule has 0 unspecified atom stereocenters. The minimum Gasteiger partial charge on any atom is -0.486 e. The molecular weight excluding hydrogens is 343 g/mol. The molecule has 1 aromatic carbocycles. The Hall–Kier alpha value is -1.21. The molecule has 0 aliphatic carbocycles. The van der Waals surface area contributed by atoms with Crippen molar-refractivity contribution in [1.82, 2.24) is 0 Å². The van der Waals surface area contributed by atoms with Crippen LogP contribution in [-0.4, -0.2) is 0 Å². The summed E-state index contributed by atoms with van der Waals surface area (Å²) in [5, 5.41) is 1.90. The second kappa shape index (κ2) is 5.42. The molecule has 2 N–H and O–H groups in total. The van der Waals surface area contributed by atoms with Crippen molar-refractivity contribution in [3.63, 3.8) is 0 Å². The summed E-state index contributed by atoms with van der Waals surface area (Å²) >= 11 is 4.80. The molecule has 0 fully saturated rings. The molecule has 0 spiro atoms. The number of hydrogen-bond donors (Lipinski definition) is 1. The third kappa shape index (κ3) is 3.63. The largest absolute Gasteiger partial charge is 0.486 e. The summed E-state index contributed by atoms with van der Waals surface area (Å²) in [6.45, 7) is 0.270. The van der Waals surface area contributed by atoms with Crippen LogP contribution in [-0.2, 0) is 12.8 Å². The van der Waals surface area contributed by atoms with Crippen LogP contribution in [0, 0.1) is 0 Å². The van der Waals surface area contributed by atoms with E-state index in [9.17, 15) is 13.2 Å². The van der Waals surface area contributed by atoms with Gasteiger partial charge in [-0.1, -0.05) is 0 Å². The molecule has 0 bridgehead atoms. The second-order valence-corrected chi connectivity index (χ2v) is 5.68. The average molecular weight is 352 g/mol. The lowest BCUT2D eigenvalue weighted by molar-refractivity contribution is -0.137. The van der Waals surface area contributed by atoms with Gasteiger partial charge in [0.05, 0.1) is 11.3 Å². The fourth-order valence-corrected chi connectivity index (χ4v) is 2.80. The lowest BCUT2D eigenvalue weighted by atomic mass is 10.2. The van der Waals surface area contributed by atoms with Crippen LogP contribution in [0.1, 0.15) is 10.4 Å². The first-order valence-corrected chi connectivity index (χ1v) is 6.86. The van der Waals surface area contributed by atoms with Gasteiger partial charge in [-0.25, -0.2) is 0 Å². The first-order valence-electron chi connectivity index (χ1n) is 5.18. The van der Waals surface area contributed by atoms with Crippen molar-refractivity contribution in [3.8, 4) is 5.75 Å². The Morgan fingerprint density at radius 1 is 1.26 bits per heavy atom. The molecule has 2 rings (SSSR count). The Labute approximate surface area is 120 Å². The van der Waals surface area contributed by atoms with Crippen LogP contribution in [0.5, 0.6) is 5.75 Å². The van der Waals surface area contributed by atoms with Gasteiger partial charge in [0.15, 0.2) is 0 Å². The van der Waals surface area contributed by atoms with Gasteiger partial charge in [0.25, 0.3) is 0 Å². The van der Waals surface area contributed by atoms with E-state index in [0.717, 1.165) is 21.5 Å². The monoisotopic (exact) mass is 351 g/mol. The molecule has 7 heteroatoms. The van der Waals surface area contributed by atoms with Gasteiger partial charge >= 0.3 is 6.18 Å². The maximum Gasteiger partial charge on any atom is 0.416 e. The maximum atomic E-state index is 12.5. The van der Waals surface area contributed by atoms with E-state index in [1.54, 1.807) is 0 Å². The van der Waals surface area contributed by atoms with Crippen molar-refractivity contribution in [3.05, 3.63) is 44.6 Å². The van der Waals surface area contributed by atoms with Gasteiger partial charge in [-0.15, -0.1) is 11.3 Å². The predicted octanol–water partition coefficient (Wildman–Crippen LogP) is 4.69. The molecule has 0 amide bonds. The molecule has 102 valence electrons. The molecule has 0 radical (unpaired) electrons. The highest BCUT2D eigenvalue weighted by Crippen LogP contribution is 2.34. The standard InChI is InChI=1S/C12H9BrF3NOS/c13-8-4-9(19-6-8)5-18-11-2-1-7(3-10(11)17)12(14,15)16/h1-4,6H,5,17H2. The van der Waals surface area contributed by atoms with Crippen molar-refractivity contribution in [2.45, 2.75) is 12.8 Å². The number of anilines is 1. The number of rotatable bonds is 3. The smallest absolute Gasteiger partial charge is 0.416 e. The Bertz CT molecular complexity index is 583. The van der Waals surface area contributed by atoms with Crippen LogP contribution in [0.15, 0.2) is 34.1 Å². The highest BCUT2D eigenvalue weighted by Gasteiger charge is 2.30. The molecule has 1 heterocycles. The third-order valence-corrected chi connectivity index (χ3v) is 4.00. The van der Waals surface area contributed by atoms with Gasteiger partial charge in [0, 0.05) is 14.7 Å². The van der Waals surface area contributed by atoms with E-state index in [2.05, 4.69) is 15.9 Å². The number of nitrogens with two attached hydrogens (primary N) is 1. The lowest BCUT2D eigenvalue weighted by Crippen LogP contribution is -2.06. The van der Waals surface area contributed by atoms with Crippen molar-refractivity contribution in [2.75, 3.05) is 5.73 Å². The number of benzene rings is 1. The third-order valence-electron chi connectivity index (χ3n) is 2.33. The highest BCUT2D eigenvalue weighted by atomic mass is 79.9. The summed E-state index contributed by atoms with van der Waals surface area (Å²) in [7, 11) is 0. The topological polar surface area (TPSA) is 35.2 Å². The van der Waals surface area contributed by atoms with Gasteiger partial charge in [-0.3, -0.25) is 0 Å². The summed E-state index contributed by atoms with van der Waals surface area (Å²) in [5.41, 5.74) is 4.75. The van der Waals surface area contributed by atoms with Crippen LogP contribution in [0.25, 0.3) is 0 Å². The summed E-state index contributed by atoms with van der Waals surface area (Å²) < 4.78 is 43.7.